The maximum absolute atomic E-state index is 12.8. The molecule has 3 rings (SSSR count). The van der Waals surface area contributed by atoms with E-state index in [4.69, 9.17) is 4.74 Å². The van der Waals surface area contributed by atoms with Gasteiger partial charge in [0, 0.05) is 36.6 Å². The fourth-order valence-electron chi connectivity index (χ4n) is 3.47. The zero-order valence-electron chi connectivity index (χ0n) is 17.3. The van der Waals surface area contributed by atoms with E-state index in [9.17, 15) is 9.59 Å². The zero-order chi connectivity index (χ0) is 20.9. The van der Waals surface area contributed by atoms with Crippen LogP contribution in [0.3, 0.4) is 0 Å². The predicted molar refractivity (Wildman–Crippen MR) is 115 cm³/mol. The van der Waals surface area contributed by atoms with Crippen molar-refractivity contribution in [3.05, 3.63) is 54.1 Å². The minimum atomic E-state index is -0.973. The Hall–Kier alpha value is -3.02. The van der Waals surface area contributed by atoms with Crippen molar-refractivity contribution >= 4 is 23.2 Å². The summed E-state index contributed by atoms with van der Waals surface area (Å²) in [5, 5.41) is 5.80. The van der Waals surface area contributed by atoms with Crippen molar-refractivity contribution in [1.82, 2.24) is 5.32 Å². The highest BCUT2D eigenvalue weighted by atomic mass is 16.5. The molecule has 0 unspecified atom stereocenters. The second-order valence-corrected chi connectivity index (χ2v) is 7.25. The number of carbonyl (C=O) groups excluding carboxylic acids is 2. The monoisotopic (exact) mass is 395 g/mol. The van der Waals surface area contributed by atoms with Crippen molar-refractivity contribution in [2.75, 3.05) is 30.4 Å². The van der Waals surface area contributed by atoms with Gasteiger partial charge in [-0.05, 0) is 57.0 Å². The molecule has 0 aromatic heterocycles. The third-order valence-electron chi connectivity index (χ3n) is 5.50. The molecule has 0 heterocycles. The van der Waals surface area contributed by atoms with Gasteiger partial charge in [-0.3, -0.25) is 9.59 Å². The lowest BCUT2D eigenvalue weighted by molar-refractivity contribution is -0.134. The van der Waals surface area contributed by atoms with Crippen molar-refractivity contribution in [1.29, 1.82) is 0 Å². The van der Waals surface area contributed by atoms with Crippen molar-refractivity contribution in [2.24, 2.45) is 5.41 Å². The first-order chi connectivity index (χ1) is 14.0. The Labute approximate surface area is 172 Å². The molecule has 0 bridgehead atoms. The first-order valence-electron chi connectivity index (χ1n) is 10.1. The van der Waals surface area contributed by atoms with E-state index < -0.39 is 5.41 Å². The second-order valence-electron chi connectivity index (χ2n) is 7.25. The van der Waals surface area contributed by atoms with E-state index in [0.717, 1.165) is 30.1 Å². The summed E-state index contributed by atoms with van der Waals surface area (Å²) >= 11 is 0. The zero-order valence-corrected chi connectivity index (χ0v) is 17.3. The number of amides is 2. The van der Waals surface area contributed by atoms with Crippen LogP contribution >= 0.6 is 0 Å². The summed E-state index contributed by atoms with van der Waals surface area (Å²) in [5.41, 5.74) is 1.73. The van der Waals surface area contributed by atoms with E-state index in [1.807, 2.05) is 48.5 Å². The van der Waals surface area contributed by atoms with Crippen molar-refractivity contribution in [3.63, 3.8) is 0 Å². The molecule has 6 nitrogen and oxygen atoms in total. The predicted octanol–water partition coefficient (Wildman–Crippen LogP) is 3.58. The minimum Gasteiger partial charge on any atom is -0.496 e. The van der Waals surface area contributed by atoms with Crippen LogP contribution in [-0.2, 0) is 16.1 Å². The van der Waals surface area contributed by atoms with Crippen LogP contribution in [0.5, 0.6) is 5.75 Å². The van der Waals surface area contributed by atoms with E-state index in [0.29, 0.717) is 25.1 Å². The molecule has 2 N–H and O–H groups in total. The highest BCUT2D eigenvalue weighted by Gasteiger charge is 2.56. The van der Waals surface area contributed by atoms with Gasteiger partial charge < -0.3 is 20.3 Å². The summed E-state index contributed by atoms with van der Waals surface area (Å²) in [7, 11) is 1.60. The first kappa shape index (κ1) is 20.7. The van der Waals surface area contributed by atoms with Crippen LogP contribution in [0.4, 0.5) is 11.4 Å². The maximum atomic E-state index is 12.8. The Morgan fingerprint density at radius 1 is 1.00 bits per heavy atom. The highest BCUT2D eigenvalue weighted by molar-refractivity contribution is 6.13. The third-order valence-corrected chi connectivity index (χ3v) is 5.50. The summed E-state index contributed by atoms with van der Waals surface area (Å²) < 4.78 is 5.31. The van der Waals surface area contributed by atoms with Gasteiger partial charge in [-0.25, -0.2) is 0 Å². The quantitative estimate of drug-likeness (QED) is 0.637. The molecule has 0 radical (unpaired) electrons. The number of rotatable bonds is 9. The van der Waals surface area contributed by atoms with Gasteiger partial charge in [0.05, 0.1) is 7.11 Å². The van der Waals surface area contributed by atoms with Crippen LogP contribution in [0.15, 0.2) is 48.5 Å². The van der Waals surface area contributed by atoms with Gasteiger partial charge in [-0.2, -0.15) is 0 Å². The molecule has 6 heteroatoms. The van der Waals surface area contributed by atoms with E-state index in [2.05, 4.69) is 29.4 Å². The molecule has 0 aliphatic heterocycles. The molecule has 0 spiro atoms. The Kier molecular flexibility index (Phi) is 6.42. The van der Waals surface area contributed by atoms with Crippen LogP contribution in [0.1, 0.15) is 32.3 Å². The van der Waals surface area contributed by atoms with Gasteiger partial charge >= 0.3 is 0 Å². The summed E-state index contributed by atoms with van der Waals surface area (Å²) in [5.74, 6) is 0.238. The summed E-state index contributed by atoms with van der Waals surface area (Å²) in [4.78, 5) is 27.8. The number of para-hydroxylation sites is 1. The van der Waals surface area contributed by atoms with E-state index >= 15 is 0 Å². The number of hydrogen-bond acceptors (Lipinski definition) is 4. The number of ether oxygens (including phenoxy) is 1. The molecule has 2 aromatic carbocycles. The van der Waals surface area contributed by atoms with Crippen LogP contribution in [-0.4, -0.2) is 32.0 Å². The van der Waals surface area contributed by atoms with Gasteiger partial charge in [-0.15, -0.1) is 0 Å². The Morgan fingerprint density at radius 3 is 2.24 bits per heavy atom. The molecule has 1 aliphatic carbocycles. The molecule has 2 amide bonds. The maximum Gasteiger partial charge on any atom is 0.240 e. The molecular formula is C23H29N3O3. The molecule has 0 atom stereocenters. The number of benzene rings is 2. The number of carbonyl (C=O) groups is 2. The molecule has 1 aliphatic rings. The average molecular weight is 396 g/mol. The topological polar surface area (TPSA) is 70.7 Å². The molecule has 154 valence electrons. The third kappa shape index (κ3) is 4.53. The summed E-state index contributed by atoms with van der Waals surface area (Å²) in [6, 6.07) is 15.3. The largest absolute Gasteiger partial charge is 0.496 e. The lowest BCUT2D eigenvalue weighted by Gasteiger charge is -2.21. The van der Waals surface area contributed by atoms with E-state index in [1.165, 1.54) is 0 Å². The van der Waals surface area contributed by atoms with E-state index in [-0.39, 0.29) is 11.8 Å². The number of nitrogens with zero attached hydrogens (tertiary/aromatic N) is 1. The SMILES string of the molecule is CCN(CC)c1ccc(NC(=O)C2(C(=O)NCc3ccccc3OC)CC2)cc1. The van der Waals surface area contributed by atoms with Gasteiger partial charge in [0.2, 0.25) is 11.8 Å². The number of hydrogen-bond donors (Lipinski definition) is 2. The fraction of sp³-hybridized carbons (Fsp3) is 0.391. The van der Waals surface area contributed by atoms with Gasteiger partial charge in [0.25, 0.3) is 0 Å². The van der Waals surface area contributed by atoms with Crippen LogP contribution in [0.2, 0.25) is 0 Å². The van der Waals surface area contributed by atoms with Gasteiger partial charge in [0.15, 0.2) is 0 Å². The molecule has 29 heavy (non-hydrogen) atoms. The molecule has 1 saturated carbocycles. The first-order valence-corrected chi connectivity index (χ1v) is 10.1. The van der Waals surface area contributed by atoms with Crippen molar-refractivity contribution < 1.29 is 14.3 Å². The summed E-state index contributed by atoms with van der Waals surface area (Å²) in [6.07, 6.45) is 1.13. The second kappa shape index (κ2) is 8.99. The number of methoxy groups -OCH3 is 1. The van der Waals surface area contributed by atoms with Crippen LogP contribution in [0, 0.1) is 5.41 Å². The van der Waals surface area contributed by atoms with Crippen LogP contribution in [0.25, 0.3) is 0 Å². The lowest BCUT2D eigenvalue weighted by Crippen LogP contribution is -2.39. The molecular weight excluding hydrogens is 366 g/mol. The smallest absolute Gasteiger partial charge is 0.240 e. The normalized spacial score (nSPS) is 14.0. The number of anilines is 2. The van der Waals surface area contributed by atoms with E-state index in [1.54, 1.807) is 7.11 Å². The summed E-state index contributed by atoms with van der Waals surface area (Å²) in [6.45, 7) is 6.41. The lowest BCUT2D eigenvalue weighted by atomic mass is 10.0. The Bertz CT molecular complexity index is 856. The Morgan fingerprint density at radius 2 is 1.66 bits per heavy atom. The standard InChI is InChI=1S/C23H29N3O3/c1-4-26(5-2)19-12-10-18(11-13-19)25-22(28)23(14-15-23)21(27)24-16-17-8-6-7-9-20(17)29-3/h6-13H,4-5,14-16H2,1-3H3,(H,24,27)(H,25,28). The van der Waals surface area contributed by atoms with Gasteiger partial charge in [0.1, 0.15) is 11.2 Å². The average Bonchev–Trinajstić information content (AvgIpc) is 3.56. The molecule has 1 fully saturated rings. The fourth-order valence-corrected chi connectivity index (χ4v) is 3.47. The number of nitrogens with one attached hydrogen (secondary N) is 2. The highest BCUT2D eigenvalue weighted by Crippen LogP contribution is 2.47. The Balaban J connectivity index is 1.60. The van der Waals surface area contributed by atoms with Crippen molar-refractivity contribution in [2.45, 2.75) is 33.2 Å². The molecule has 0 saturated heterocycles. The molecule has 2 aromatic rings. The van der Waals surface area contributed by atoms with Crippen molar-refractivity contribution in [3.8, 4) is 5.75 Å². The minimum absolute atomic E-state index is 0.235. The van der Waals surface area contributed by atoms with Crippen LogP contribution < -0.4 is 20.3 Å². The van der Waals surface area contributed by atoms with Gasteiger partial charge in [-0.1, -0.05) is 18.2 Å².